The molecule has 0 bridgehead atoms. The van der Waals surface area contributed by atoms with Gasteiger partial charge in [-0.15, -0.1) is 0 Å². The summed E-state index contributed by atoms with van der Waals surface area (Å²) in [6.07, 6.45) is 0.741. The van der Waals surface area contributed by atoms with Gasteiger partial charge in [0.2, 0.25) is 5.91 Å². The Morgan fingerprint density at radius 3 is 2.39 bits per heavy atom. The van der Waals surface area contributed by atoms with Gasteiger partial charge in [0, 0.05) is 11.1 Å². The molecule has 0 heterocycles. The van der Waals surface area contributed by atoms with Crippen molar-refractivity contribution in [2.45, 2.75) is 38.1 Å². The van der Waals surface area contributed by atoms with Crippen LogP contribution in [0.1, 0.15) is 27.2 Å². The van der Waals surface area contributed by atoms with Crippen molar-refractivity contribution in [3.63, 3.8) is 0 Å². The molecule has 0 aromatic heterocycles. The number of anilines is 1. The molecular weight excluding hydrogens is 400 g/mol. The Kier molecular flexibility index (Phi) is 7.71. The van der Waals surface area contributed by atoms with Crippen molar-refractivity contribution in [1.29, 1.82) is 0 Å². The van der Waals surface area contributed by atoms with Crippen LogP contribution in [0, 0.1) is 0 Å². The molecule has 0 aliphatic rings. The second kappa shape index (κ2) is 9.80. The number of hydrogen-bond donors (Lipinski definition) is 1. The quantitative estimate of drug-likeness (QED) is 0.663. The molecule has 1 atom stereocenters. The molecule has 2 aromatic rings. The zero-order valence-electron chi connectivity index (χ0n) is 16.2. The van der Waals surface area contributed by atoms with E-state index >= 15 is 0 Å². The molecule has 0 radical (unpaired) electrons. The van der Waals surface area contributed by atoms with E-state index in [2.05, 4.69) is 5.32 Å². The summed E-state index contributed by atoms with van der Waals surface area (Å²) in [6, 6.07) is 12.5. The average Bonchev–Trinajstić information content (AvgIpc) is 2.67. The van der Waals surface area contributed by atoms with Crippen molar-refractivity contribution in [2.75, 3.05) is 17.5 Å². The Hall–Kier alpha value is -2.25. The van der Waals surface area contributed by atoms with Gasteiger partial charge in [0.15, 0.2) is 0 Å². The molecule has 1 unspecified atom stereocenters. The van der Waals surface area contributed by atoms with Gasteiger partial charge >= 0.3 is 0 Å². The van der Waals surface area contributed by atoms with Gasteiger partial charge in [0.25, 0.3) is 10.0 Å². The molecule has 0 spiro atoms. The zero-order chi connectivity index (χ0) is 20.7. The highest BCUT2D eigenvalue weighted by Crippen LogP contribution is 2.32. The largest absolute Gasteiger partial charge is 0.492 e. The molecule has 2 aromatic carbocycles. The summed E-state index contributed by atoms with van der Waals surface area (Å²) in [4.78, 5) is 12.6. The molecular formula is C20H25ClN2O4S. The fraction of sp³-hybridized carbons (Fsp3) is 0.350. The predicted octanol–water partition coefficient (Wildman–Crippen LogP) is 3.85. The smallest absolute Gasteiger partial charge is 0.264 e. The molecule has 1 amide bonds. The fourth-order valence-corrected chi connectivity index (χ4v) is 4.08. The van der Waals surface area contributed by atoms with Crippen molar-refractivity contribution in [1.82, 2.24) is 5.32 Å². The van der Waals surface area contributed by atoms with Crippen LogP contribution in [0.2, 0.25) is 5.02 Å². The molecule has 152 valence electrons. The topological polar surface area (TPSA) is 75.7 Å². The Balaban J connectivity index is 2.50. The van der Waals surface area contributed by atoms with E-state index in [1.54, 1.807) is 24.3 Å². The van der Waals surface area contributed by atoms with Crippen LogP contribution in [0.4, 0.5) is 5.69 Å². The van der Waals surface area contributed by atoms with E-state index in [0.717, 1.165) is 10.7 Å². The van der Waals surface area contributed by atoms with E-state index in [9.17, 15) is 13.2 Å². The van der Waals surface area contributed by atoms with Crippen molar-refractivity contribution >= 4 is 33.2 Å². The molecule has 0 fully saturated rings. The lowest BCUT2D eigenvalue weighted by molar-refractivity contribution is -0.120. The number of hydrogen-bond acceptors (Lipinski definition) is 4. The number of nitrogens with one attached hydrogen (secondary N) is 1. The number of carbonyl (C=O) groups excluding carboxylic acids is 1. The Labute approximate surface area is 171 Å². The minimum atomic E-state index is -4.02. The third kappa shape index (κ3) is 5.39. The van der Waals surface area contributed by atoms with Gasteiger partial charge in [-0.05, 0) is 56.7 Å². The lowest BCUT2D eigenvalue weighted by atomic mass is 10.2. The van der Waals surface area contributed by atoms with Crippen LogP contribution in [-0.2, 0) is 14.8 Å². The van der Waals surface area contributed by atoms with Gasteiger partial charge < -0.3 is 10.1 Å². The number of carbonyl (C=O) groups is 1. The van der Waals surface area contributed by atoms with Gasteiger partial charge in [-0.3, -0.25) is 9.10 Å². The maximum absolute atomic E-state index is 13.3. The predicted molar refractivity (Wildman–Crippen MR) is 111 cm³/mol. The maximum atomic E-state index is 13.3. The molecule has 2 rings (SSSR count). The monoisotopic (exact) mass is 424 g/mol. The molecule has 1 N–H and O–H groups in total. The molecule has 0 saturated heterocycles. The first-order valence-electron chi connectivity index (χ1n) is 9.09. The summed E-state index contributed by atoms with van der Waals surface area (Å²) in [5.41, 5.74) is 0.304. The van der Waals surface area contributed by atoms with Gasteiger partial charge in [-0.1, -0.05) is 30.7 Å². The summed E-state index contributed by atoms with van der Waals surface area (Å²) in [5, 5.41) is 3.23. The summed E-state index contributed by atoms with van der Waals surface area (Å²) < 4.78 is 33.3. The average molecular weight is 425 g/mol. The number of para-hydroxylation sites is 2. The minimum Gasteiger partial charge on any atom is -0.492 e. The van der Waals surface area contributed by atoms with Crippen LogP contribution in [0.15, 0.2) is 53.4 Å². The van der Waals surface area contributed by atoms with Crippen LogP contribution >= 0.6 is 11.6 Å². The van der Waals surface area contributed by atoms with Crippen LogP contribution in [0.3, 0.4) is 0 Å². The third-order valence-corrected chi connectivity index (χ3v) is 6.17. The maximum Gasteiger partial charge on any atom is 0.264 e. The number of amides is 1. The molecule has 6 nitrogen and oxygen atoms in total. The number of sulfonamides is 1. The highest BCUT2D eigenvalue weighted by Gasteiger charge is 2.29. The lowest BCUT2D eigenvalue weighted by Crippen LogP contribution is -2.43. The van der Waals surface area contributed by atoms with Crippen LogP contribution in [0.5, 0.6) is 5.75 Å². The highest BCUT2D eigenvalue weighted by atomic mass is 35.5. The number of rotatable bonds is 9. The van der Waals surface area contributed by atoms with Crippen molar-refractivity contribution in [3.05, 3.63) is 53.6 Å². The first-order valence-corrected chi connectivity index (χ1v) is 10.9. The van der Waals surface area contributed by atoms with Crippen molar-refractivity contribution < 1.29 is 17.9 Å². The van der Waals surface area contributed by atoms with Gasteiger partial charge in [-0.2, -0.15) is 0 Å². The van der Waals surface area contributed by atoms with Gasteiger partial charge in [-0.25, -0.2) is 8.42 Å². The Bertz CT molecular complexity index is 901. The van der Waals surface area contributed by atoms with E-state index in [1.807, 2.05) is 20.8 Å². The molecule has 0 aliphatic carbocycles. The Morgan fingerprint density at radius 1 is 1.14 bits per heavy atom. The first-order chi connectivity index (χ1) is 13.3. The third-order valence-electron chi connectivity index (χ3n) is 4.14. The van der Waals surface area contributed by atoms with E-state index < -0.39 is 15.9 Å². The number of halogens is 1. The normalized spacial score (nSPS) is 12.3. The summed E-state index contributed by atoms with van der Waals surface area (Å²) in [7, 11) is -4.02. The molecule has 0 aliphatic heterocycles. The Morgan fingerprint density at radius 2 is 1.79 bits per heavy atom. The number of nitrogens with zero attached hydrogens (tertiary/aromatic N) is 1. The van der Waals surface area contributed by atoms with Crippen LogP contribution < -0.4 is 14.4 Å². The SMILES string of the molecule is CCOc1ccccc1N(CC(=O)NC(C)CC)S(=O)(=O)c1ccc(Cl)cc1. The minimum absolute atomic E-state index is 0.0412. The standard InChI is InChI=1S/C20H25ClN2O4S/c1-4-15(3)22-20(24)14-23(18-8-6-7-9-19(18)27-5-2)28(25,26)17-12-10-16(21)11-13-17/h6-13,15H,4-5,14H2,1-3H3,(H,22,24). The fourth-order valence-electron chi connectivity index (χ4n) is 2.53. The lowest BCUT2D eigenvalue weighted by Gasteiger charge is -2.26. The van der Waals surface area contributed by atoms with E-state index in [0.29, 0.717) is 23.1 Å². The summed E-state index contributed by atoms with van der Waals surface area (Å²) >= 11 is 5.89. The van der Waals surface area contributed by atoms with E-state index in [-0.39, 0.29) is 17.5 Å². The second-order valence-electron chi connectivity index (χ2n) is 6.24. The van der Waals surface area contributed by atoms with Gasteiger partial charge in [0.05, 0.1) is 17.2 Å². The molecule has 28 heavy (non-hydrogen) atoms. The zero-order valence-corrected chi connectivity index (χ0v) is 17.8. The van der Waals surface area contributed by atoms with Crippen molar-refractivity contribution in [2.24, 2.45) is 0 Å². The van der Waals surface area contributed by atoms with Crippen LogP contribution in [0.25, 0.3) is 0 Å². The molecule has 8 heteroatoms. The highest BCUT2D eigenvalue weighted by molar-refractivity contribution is 7.92. The summed E-state index contributed by atoms with van der Waals surface area (Å²) in [6.45, 7) is 5.62. The van der Waals surface area contributed by atoms with Crippen LogP contribution in [-0.4, -0.2) is 33.5 Å². The first kappa shape index (κ1) is 22.0. The number of benzene rings is 2. The summed E-state index contributed by atoms with van der Waals surface area (Å²) in [5.74, 6) is -0.00271. The number of ether oxygens (including phenoxy) is 1. The van der Waals surface area contributed by atoms with Crippen molar-refractivity contribution in [3.8, 4) is 5.75 Å². The second-order valence-corrected chi connectivity index (χ2v) is 8.54. The molecule has 0 saturated carbocycles. The van der Waals surface area contributed by atoms with E-state index in [4.69, 9.17) is 16.3 Å². The van der Waals surface area contributed by atoms with E-state index in [1.165, 1.54) is 24.3 Å². The van der Waals surface area contributed by atoms with Gasteiger partial charge in [0.1, 0.15) is 12.3 Å².